The first-order valence-electron chi connectivity index (χ1n) is 11.3. The third kappa shape index (κ3) is 4.90. The zero-order chi connectivity index (χ0) is 24.4. The molecule has 6 heteroatoms. The average molecular weight is 475 g/mol. The summed E-state index contributed by atoms with van der Waals surface area (Å²) in [5.74, 6) is -1.29. The van der Waals surface area contributed by atoms with Gasteiger partial charge in [-0.2, -0.15) is 5.10 Å². The van der Waals surface area contributed by atoms with Crippen molar-refractivity contribution in [3.8, 4) is 11.1 Å². The highest BCUT2D eigenvalue weighted by Gasteiger charge is 2.34. The first-order chi connectivity index (χ1) is 16.2. The highest BCUT2D eigenvalue weighted by Crippen LogP contribution is 2.38. The van der Waals surface area contributed by atoms with Gasteiger partial charge >= 0.3 is 5.97 Å². The molecular formula is C28H27ClN2O3. The maximum absolute atomic E-state index is 13.0. The number of rotatable bonds is 6. The van der Waals surface area contributed by atoms with Crippen molar-refractivity contribution in [2.75, 3.05) is 0 Å². The Morgan fingerprint density at radius 3 is 2.29 bits per heavy atom. The van der Waals surface area contributed by atoms with Gasteiger partial charge in [-0.3, -0.25) is 9.59 Å². The Hall–Kier alpha value is -3.44. The van der Waals surface area contributed by atoms with Crippen LogP contribution in [0.3, 0.4) is 0 Å². The van der Waals surface area contributed by atoms with Crippen LogP contribution in [0.2, 0.25) is 5.02 Å². The molecule has 4 rings (SSSR count). The largest absolute Gasteiger partial charge is 0.481 e. The van der Waals surface area contributed by atoms with Crippen LogP contribution in [-0.2, 0) is 9.59 Å². The number of carbonyl (C=O) groups excluding carboxylic acids is 1. The highest BCUT2D eigenvalue weighted by atomic mass is 35.5. The molecule has 1 heterocycles. The van der Waals surface area contributed by atoms with Crippen molar-refractivity contribution in [2.45, 2.75) is 46.1 Å². The summed E-state index contributed by atoms with van der Waals surface area (Å²) in [5, 5.41) is 16.0. The number of halogens is 1. The van der Waals surface area contributed by atoms with Crippen molar-refractivity contribution in [2.24, 2.45) is 5.10 Å². The summed E-state index contributed by atoms with van der Waals surface area (Å²) in [4.78, 5) is 24.1. The third-order valence-electron chi connectivity index (χ3n) is 6.36. The zero-order valence-electron chi connectivity index (χ0n) is 19.5. The molecule has 0 radical (unpaired) electrons. The van der Waals surface area contributed by atoms with Crippen molar-refractivity contribution in [1.82, 2.24) is 5.01 Å². The molecule has 0 saturated carbocycles. The van der Waals surface area contributed by atoms with Gasteiger partial charge < -0.3 is 5.11 Å². The van der Waals surface area contributed by atoms with Crippen molar-refractivity contribution >= 4 is 29.2 Å². The fraction of sp³-hybridized carbons (Fsp3) is 0.250. The van der Waals surface area contributed by atoms with Crippen LogP contribution < -0.4 is 0 Å². The van der Waals surface area contributed by atoms with Crippen LogP contribution in [0.25, 0.3) is 11.1 Å². The van der Waals surface area contributed by atoms with Gasteiger partial charge in [0.1, 0.15) is 0 Å². The minimum absolute atomic E-state index is 0.0918. The van der Waals surface area contributed by atoms with E-state index in [0.717, 1.165) is 44.7 Å². The fourth-order valence-electron chi connectivity index (χ4n) is 4.32. The van der Waals surface area contributed by atoms with Gasteiger partial charge in [-0.15, -0.1) is 0 Å². The van der Waals surface area contributed by atoms with Crippen LogP contribution in [-0.4, -0.2) is 27.7 Å². The Bertz CT molecular complexity index is 1260. The zero-order valence-corrected chi connectivity index (χ0v) is 20.3. The van der Waals surface area contributed by atoms with Crippen LogP contribution in [0.15, 0.2) is 65.8 Å². The molecule has 1 N–H and O–H groups in total. The lowest BCUT2D eigenvalue weighted by molar-refractivity contribution is -0.141. The Morgan fingerprint density at radius 1 is 0.971 bits per heavy atom. The molecule has 0 saturated heterocycles. The second kappa shape index (κ2) is 9.82. The summed E-state index contributed by atoms with van der Waals surface area (Å²) in [7, 11) is 0. The van der Waals surface area contributed by atoms with Crippen molar-refractivity contribution < 1.29 is 14.7 Å². The molecule has 1 aliphatic heterocycles. The number of aliphatic carboxylic acids is 1. The highest BCUT2D eigenvalue weighted by molar-refractivity contribution is 6.30. The van der Waals surface area contributed by atoms with Gasteiger partial charge in [0.15, 0.2) is 0 Å². The number of benzene rings is 3. The smallest absolute Gasteiger partial charge is 0.303 e. The number of carboxylic acid groups (broad SMARTS) is 1. The standard InChI is InChI=1S/C28H27ClN2O3/c1-17-4-7-20(8-5-17)25-16-24(30-31(25)26(32)14-15-27(33)34)23-13-6-18(2)19(3)28(23)21-9-11-22(29)12-10-21/h4-13,25H,14-16H2,1-3H3,(H,33,34). The summed E-state index contributed by atoms with van der Waals surface area (Å²) < 4.78 is 0. The first kappa shape index (κ1) is 23.7. The van der Waals surface area contributed by atoms with Crippen LogP contribution >= 0.6 is 11.6 Å². The van der Waals surface area contributed by atoms with Crippen molar-refractivity contribution in [3.05, 3.63) is 93.5 Å². The predicted octanol–water partition coefficient (Wildman–Crippen LogP) is 6.47. The van der Waals surface area contributed by atoms with Gasteiger partial charge in [0.05, 0.1) is 18.2 Å². The van der Waals surface area contributed by atoms with E-state index in [4.69, 9.17) is 21.8 Å². The van der Waals surface area contributed by atoms with E-state index in [2.05, 4.69) is 26.0 Å². The van der Waals surface area contributed by atoms with Crippen LogP contribution in [0.1, 0.15) is 53.1 Å². The quantitative estimate of drug-likeness (QED) is 0.444. The summed E-state index contributed by atoms with van der Waals surface area (Å²) in [6.45, 7) is 6.18. The maximum atomic E-state index is 13.0. The van der Waals surface area contributed by atoms with E-state index in [1.54, 1.807) is 0 Å². The Balaban J connectivity index is 1.79. The number of carboxylic acids is 1. The number of carbonyl (C=O) groups is 2. The van der Waals surface area contributed by atoms with E-state index >= 15 is 0 Å². The Labute approximate surface area is 204 Å². The minimum atomic E-state index is -0.997. The number of nitrogens with zero attached hydrogens (tertiary/aromatic N) is 2. The summed E-state index contributed by atoms with van der Waals surface area (Å²) in [5.41, 5.74) is 8.29. The summed E-state index contributed by atoms with van der Waals surface area (Å²) in [6, 6.07) is 19.6. The lowest BCUT2D eigenvalue weighted by Gasteiger charge is -2.22. The first-order valence-corrected chi connectivity index (χ1v) is 11.7. The number of hydrogen-bond donors (Lipinski definition) is 1. The molecule has 5 nitrogen and oxygen atoms in total. The van der Waals surface area contributed by atoms with E-state index in [0.29, 0.717) is 11.4 Å². The molecule has 1 amide bonds. The number of aryl methyl sites for hydroxylation is 2. The van der Waals surface area contributed by atoms with E-state index in [9.17, 15) is 9.59 Å². The van der Waals surface area contributed by atoms with E-state index in [1.807, 2.05) is 55.5 Å². The molecule has 0 aliphatic carbocycles. The summed E-state index contributed by atoms with van der Waals surface area (Å²) in [6.07, 6.45) is 0.233. The lowest BCUT2D eigenvalue weighted by Crippen LogP contribution is -2.27. The molecule has 1 unspecified atom stereocenters. The topological polar surface area (TPSA) is 70.0 Å². The maximum Gasteiger partial charge on any atom is 0.303 e. The molecule has 0 spiro atoms. The molecule has 0 bridgehead atoms. The van der Waals surface area contributed by atoms with Gasteiger partial charge in [0.25, 0.3) is 0 Å². The van der Waals surface area contributed by atoms with Gasteiger partial charge in [-0.05, 0) is 60.7 Å². The Morgan fingerprint density at radius 2 is 1.65 bits per heavy atom. The molecule has 3 aromatic carbocycles. The molecule has 0 aromatic heterocycles. The van der Waals surface area contributed by atoms with Gasteiger partial charge in [0.2, 0.25) is 5.91 Å². The fourth-order valence-corrected chi connectivity index (χ4v) is 4.45. The molecule has 174 valence electrons. The van der Waals surface area contributed by atoms with Gasteiger partial charge in [-0.25, -0.2) is 5.01 Å². The summed E-state index contributed by atoms with van der Waals surface area (Å²) >= 11 is 6.13. The van der Waals surface area contributed by atoms with Crippen molar-refractivity contribution in [1.29, 1.82) is 0 Å². The van der Waals surface area contributed by atoms with Gasteiger partial charge in [0, 0.05) is 23.4 Å². The third-order valence-corrected chi connectivity index (χ3v) is 6.61. The normalized spacial score (nSPS) is 15.4. The molecule has 3 aromatic rings. The average Bonchev–Trinajstić information content (AvgIpc) is 3.26. The predicted molar refractivity (Wildman–Crippen MR) is 135 cm³/mol. The second-order valence-corrected chi connectivity index (χ2v) is 9.18. The molecule has 0 fully saturated rings. The number of hydrogen-bond acceptors (Lipinski definition) is 3. The van der Waals surface area contributed by atoms with Crippen LogP contribution in [0.4, 0.5) is 0 Å². The van der Waals surface area contributed by atoms with Crippen LogP contribution in [0, 0.1) is 20.8 Å². The molecule has 1 atom stereocenters. The van der Waals surface area contributed by atoms with E-state index in [-0.39, 0.29) is 24.8 Å². The Kier molecular flexibility index (Phi) is 6.85. The molecule has 34 heavy (non-hydrogen) atoms. The van der Waals surface area contributed by atoms with E-state index in [1.165, 1.54) is 5.01 Å². The molecular weight excluding hydrogens is 448 g/mol. The van der Waals surface area contributed by atoms with Gasteiger partial charge in [-0.1, -0.05) is 65.7 Å². The lowest BCUT2D eigenvalue weighted by atomic mass is 9.88. The SMILES string of the molecule is Cc1ccc(C2CC(c3ccc(C)c(C)c3-c3ccc(Cl)cc3)=NN2C(=O)CCC(=O)O)cc1. The second-order valence-electron chi connectivity index (χ2n) is 8.75. The van der Waals surface area contributed by atoms with Crippen LogP contribution in [0.5, 0.6) is 0 Å². The van der Waals surface area contributed by atoms with Crippen molar-refractivity contribution in [3.63, 3.8) is 0 Å². The number of hydrazone groups is 1. The number of amides is 1. The monoisotopic (exact) mass is 474 g/mol. The molecule has 1 aliphatic rings. The minimum Gasteiger partial charge on any atom is -0.481 e. The van der Waals surface area contributed by atoms with E-state index < -0.39 is 5.97 Å².